The molecule has 33 heavy (non-hydrogen) atoms. The van der Waals surface area contributed by atoms with Gasteiger partial charge in [-0.25, -0.2) is 8.42 Å². The van der Waals surface area contributed by atoms with E-state index in [1.165, 1.54) is 11.2 Å². The molecule has 1 N–H and O–H groups in total. The Kier molecular flexibility index (Phi) is 7.68. The lowest BCUT2D eigenvalue weighted by Gasteiger charge is -2.32. The van der Waals surface area contributed by atoms with Crippen molar-refractivity contribution in [3.8, 4) is 0 Å². The standard InChI is InChI=1S/C23H34N4O5S/c1-18(28)27-9-2-3-20-17-21(4-5-22(20)27)33(30,31)26-10-6-19(7-11-26)23(29)24-8-12-25-13-15-32-16-14-25/h4-5,17,19H,2-3,6-16H2,1H3,(H,24,29). The molecular formula is C23H34N4O5S. The lowest BCUT2D eigenvalue weighted by molar-refractivity contribution is -0.126. The number of carbonyl (C=O) groups excluding carboxylic acids is 2. The molecule has 0 bridgehead atoms. The first-order valence-electron chi connectivity index (χ1n) is 11.9. The normalized spacial score (nSPS) is 20.9. The fourth-order valence-corrected chi connectivity index (χ4v) is 6.40. The van der Waals surface area contributed by atoms with E-state index in [-0.39, 0.29) is 22.6 Å². The van der Waals surface area contributed by atoms with E-state index in [9.17, 15) is 18.0 Å². The molecule has 0 aromatic heterocycles. The molecule has 0 spiro atoms. The first kappa shape index (κ1) is 24.1. The number of amides is 2. The summed E-state index contributed by atoms with van der Waals surface area (Å²) < 4.78 is 33.3. The van der Waals surface area contributed by atoms with E-state index in [0.717, 1.165) is 56.9 Å². The van der Waals surface area contributed by atoms with Crippen molar-refractivity contribution in [3.63, 3.8) is 0 Å². The zero-order valence-corrected chi connectivity index (χ0v) is 20.1. The summed E-state index contributed by atoms with van der Waals surface area (Å²) in [6.45, 7) is 7.52. The van der Waals surface area contributed by atoms with E-state index < -0.39 is 10.0 Å². The number of fused-ring (bicyclic) bond motifs is 1. The molecule has 10 heteroatoms. The number of anilines is 1. The number of piperidine rings is 1. The van der Waals surface area contributed by atoms with Crippen molar-refractivity contribution >= 4 is 27.5 Å². The summed E-state index contributed by atoms with van der Waals surface area (Å²) in [5.74, 6) is -0.177. The first-order chi connectivity index (χ1) is 15.9. The van der Waals surface area contributed by atoms with Gasteiger partial charge in [0.25, 0.3) is 0 Å². The quantitative estimate of drug-likeness (QED) is 0.651. The number of hydrogen-bond acceptors (Lipinski definition) is 6. The van der Waals surface area contributed by atoms with Crippen LogP contribution < -0.4 is 10.2 Å². The average Bonchev–Trinajstić information content (AvgIpc) is 2.84. The van der Waals surface area contributed by atoms with Crippen molar-refractivity contribution in [2.45, 2.75) is 37.5 Å². The molecule has 3 aliphatic rings. The van der Waals surface area contributed by atoms with E-state index >= 15 is 0 Å². The number of aryl methyl sites for hydroxylation is 1. The number of rotatable bonds is 6. The summed E-state index contributed by atoms with van der Waals surface area (Å²) in [4.78, 5) is 28.7. The number of nitrogens with zero attached hydrogens (tertiary/aromatic N) is 3. The lowest BCUT2D eigenvalue weighted by Crippen LogP contribution is -2.45. The van der Waals surface area contributed by atoms with Gasteiger partial charge in [-0.3, -0.25) is 14.5 Å². The van der Waals surface area contributed by atoms with Crippen LogP contribution in [0.3, 0.4) is 0 Å². The Labute approximate surface area is 196 Å². The molecule has 0 saturated carbocycles. The summed E-state index contributed by atoms with van der Waals surface area (Å²) >= 11 is 0. The molecule has 9 nitrogen and oxygen atoms in total. The van der Waals surface area contributed by atoms with Gasteiger partial charge >= 0.3 is 0 Å². The number of hydrogen-bond donors (Lipinski definition) is 1. The van der Waals surface area contributed by atoms with E-state index in [1.54, 1.807) is 23.1 Å². The SMILES string of the molecule is CC(=O)N1CCCc2cc(S(=O)(=O)N3CCC(C(=O)NCCN4CCOCC4)CC3)ccc21. The van der Waals surface area contributed by atoms with Gasteiger partial charge in [0.15, 0.2) is 0 Å². The molecule has 2 amide bonds. The number of sulfonamides is 1. The molecule has 0 atom stereocenters. The molecule has 1 aromatic carbocycles. The third kappa shape index (κ3) is 5.56. The van der Waals surface area contributed by atoms with Crippen LogP contribution in [0.5, 0.6) is 0 Å². The number of morpholine rings is 1. The van der Waals surface area contributed by atoms with Crippen molar-refractivity contribution in [2.75, 3.05) is 63.9 Å². The number of benzene rings is 1. The minimum absolute atomic E-state index is 0.0124. The topological polar surface area (TPSA) is 99.3 Å². The van der Waals surface area contributed by atoms with Crippen molar-refractivity contribution in [3.05, 3.63) is 23.8 Å². The average molecular weight is 479 g/mol. The van der Waals surface area contributed by atoms with Crippen LogP contribution in [0.25, 0.3) is 0 Å². The second kappa shape index (κ2) is 10.5. The molecule has 0 radical (unpaired) electrons. The predicted molar refractivity (Wildman–Crippen MR) is 125 cm³/mol. The molecule has 0 unspecified atom stereocenters. The Morgan fingerprint density at radius 2 is 1.82 bits per heavy atom. The molecule has 1 aromatic rings. The van der Waals surface area contributed by atoms with Crippen LogP contribution in [0.2, 0.25) is 0 Å². The van der Waals surface area contributed by atoms with E-state index in [4.69, 9.17) is 4.74 Å². The van der Waals surface area contributed by atoms with Crippen LogP contribution >= 0.6 is 0 Å². The summed E-state index contributed by atoms with van der Waals surface area (Å²) in [5, 5.41) is 3.01. The van der Waals surface area contributed by atoms with Gasteiger partial charge in [-0.2, -0.15) is 4.31 Å². The van der Waals surface area contributed by atoms with Crippen LogP contribution in [0.1, 0.15) is 31.7 Å². The monoisotopic (exact) mass is 478 g/mol. The first-order valence-corrected chi connectivity index (χ1v) is 13.3. The zero-order chi connectivity index (χ0) is 23.4. The van der Waals surface area contributed by atoms with Crippen molar-refractivity contribution in [1.29, 1.82) is 0 Å². The van der Waals surface area contributed by atoms with E-state index in [2.05, 4.69) is 10.2 Å². The zero-order valence-electron chi connectivity index (χ0n) is 19.3. The van der Waals surface area contributed by atoms with Crippen LogP contribution in [0.15, 0.2) is 23.1 Å². The van der Waals surface area contributed by atoms with Gasteiger partial charge in [-0.15, -0.1) is 0 Å². The third-order valence-corrected chi connectivity index (χ3v) is 8.74. The van der Waals surface area contributed by atoms with Gasteiger partial charge in [0.2, 0.25) is 21.8 Å². The van der Waals surface area contributed by atoms with E-state index in [0.29, 0.717) is 39.0 Å². The molecule has 182 valence electrons. The fraction of sp³-hybridized carbons (Fsp3) is 0.652. The Morgan fingerprint density at radius 1 is 1.09 bits per heavy atom. The van der Waals surface area contributed by atoms with E-state index in [1.807, 2.05) is 0 Å². The Morgan fingerprint density at radius 3 is 2.52 bits per heavy atom. The van der Waals surface area contributed by atoms with Gasteiger partial charge < -0.3 is 15.0 Å². The second-order valence-corrected chi connectivity index (χ2v) is 10.9. The summed E-state index contributed by atoms with van der Waals surface area (Å²) in [7, 11) is -3.63. The molecule has 3 heterocycles. The van der Waals surface area contributed by atoms with Gasteiger partial charge in [-0.1, -0.05) is 0 Å². The fourth-order valence-electron chi connectivity index (χ4n) is 4.87. The number of carbonyl (C=O) groups is 2. The van der Waals surface area contributed by atoms with Gasteiger partial charge in [0.05, 0.1) is 18.1 Å². The summed E-state index contributed by atoms with van der Waals surface area (Å²) in [6.07, 6.45) is 2.62. The van der Waals surface area contributed by atoms with Crippen LogP contribution in [0, 0.1) is 5.92 Å². The smallest absolute Gasteiger partial charge is 0.243 e. The highest BCUT2D eigenvalue weighted by Gasteiger charge is 2.33. The van der Waals surface area contributed by atoms with Crippen LogP contribution in [0.4, 0.5) is 5.69 Å². The number of nitrogens with one attached hydrogen (secondary N) is 1. The molecule has 2 fully saturated rings. The highest BCUT2D eigenvalue weighted by molar-refractivity contribution is 7.89. The maximum Gasteiger partial charge on any atom is 0.243 e. The summed E-state index contributed by atoms with van der Waals surface area (Å²) in [6, 6.07) is 5.06. The molecular weight excluding hydrogens is 444 g/mol. The van der Waals surface area contributed by atoms with Crippen LogP contribution in [-0.4, -0.2) is 88.5 Å². The molecule has 2 saturated heterocycles. The molecule has 0 aliphatic carbocycles. The largest absolute Gasteiger partial charge is 0.379 e. The maximum absolute atomic E-state index is 13.2. The molecule has 3 aliphatic heterocycles. The van der Waals surface area contributed by atoms with Gasteiger partial charge in [0.1, 0.15) is 0 Å². The van der Waals surface area contributed by atoms with Crippen molar-refractivity contribution < 1.29 is 22.7 Å². The summed E-state index contributed by atoms with van der Waals surface area (Å²) in [5.41, 5.74) is 1.70. The van der Waals surface area contributed by atoms with Gasteiger partial charge in [0, 0.05) is 64.3 Å². The predicted octanol–water partition coefficient (Wildman–Crippen LogP) is 0.835. The maximum atomic E-state index is 13.2. The number of ether oxygens (including phenoxy) is 1. The minimum atomic E-state index is -3.63. The molecule has 4 rings (SSSR count). The van der Waals surface area contributed by atoms with Crippen LogP contribution in [-0.2, 0) is 30.8 Å². The van der Waals surface area contributed by atoms with Crippen molar-refractivity contribution in [1.82, 2.24) is 14.5 Å². The van der Waals surface area contributed by atoms with Crippen molar-refractivity contribution in [2.24, 2.45) is 5.92 Å². The Bertz CT molecular complexity index is 969. The highest BCUT2D eigenvalue weighted by atomic mass is 32.2. The second-order valence-electron chi connectivity index (χ2n) is 8.99. The Balaban J connectivity index is 1.31. The third-order valence-electron chi connectivity index (χ3n) is 6.84. The van der Waals surface area contributed by atoms with Gasteiger partial charge in [-0.05, 0) is 49.4 Å². The highest BCUT2D eigenvalue weighted by Crippen LogP contribution is 2.31. The lowest BCUT2D eigenvalue weighted by atomic mass is 9.97. The minimum Gasteiger partial charge on any atom is -0.379 e. The Hall–Kier alpha value is -2.01.